The molecular weight excluding hydrogens is 226 g/mol. The third-order valence-corrected chi connectivity index (χ3v) is 2.53. The summed E-state index contributed by atoms with van der Waals surface area (Å²) in [6.45, 7) is 0.576. The Morgan fingerprint density at radius 3 is 2.89 bits per heavy atom. The van der Waals surface area contributed by atoms with Crippen LogP contribution in [0.1, 0.15) is 11.1 Å². The maximum atomic E-state index is 7.36. The van der Waals surface area contributed by atoms with Crippen LogP contribution in [0.3, 0.4) is 0 Å². The van der Waals surface area contributed by atoms with Crippen LogP contribution in [0, 0.1) is 5.41 Å². The highest BCUT2D eigenvalue weighted by Gasteiger charge is 1.99. The second-order valence-corrected chi connectivity index (χ2v) is 3.90. The maximum absolute atomic E-state index is 7.36. The van der Waals surface area contributed by atoms with Crippen molar-refractivity contribution in [2.75, 3.05) is 6.61 Å². The molecule has 2 rings (SSSR count). The van der Waals surface area contributed by atoms with Gasteiger partial charge in [0.05, 0.1) is 6.61 Å². The van der Waals surface area contributed by atoms with Crippen LogP contribution in [0.5, 0.6) is 5.75 Å². The number of benzene rings is 1. The van der Waals surface area contributed by atoms with Gasteiger partial charge < -0.3 is 10.5 Å². The van der Waals surface area contributed by atoms with Crippen molar-refractivity contribution in [3.05, 3.63) is 59.9 Å². The normalized spacial score (nSPS) is 10.0. The fourth-order valence-electron chi connectivity index (χ4n) is 1.59. The van der Waals surface area contributed by atoms with E-state index in [2.05, 4.69) is 4.98 Å². The number of nitrogens with zero attached hydrogens (tertiary/aromatic N) is 1. The summed E-state index contributed by atoms with van der Waals surface area (Å²) >= 11 is 0. The first-order chi connectivity index (χ1) is 8.75. The molecule has 0 saturated carbocycles. The zero-order valence-corrected chi connectivity index (χ0v) is 9.97. The molecule has 4 heteroatoms. The third kappa shape index (κ3) is 3.31. The Bertz CT molecular complexity index is 526. The van der Waals surface area contributed by atoms with Gasteiger partial charge in [-0.1, -0.05) is 18.2 Å². The molecule has 0 amide bonds. The van der Waals surface area contributed by atoms with Crippen molar-refractivity contribution in [2.45, 2.75) is 6.42 Å². The number of nitrogen functional groups attached to an aromatic ring is 1. The minimum absolute atomic E-state index is 0.0488. The van der Waals surface area contributed by atoms with Gasteiger partial charge in [0.15, 0.2) is 0 Å². The maximum Gasteiger partial charge on any atom is 0.122 e. The van der Waals surface area contributed by atoms with Gasteiger partial charge >= 0.3 is 0 Å². The molecule has 0 unspecified atom stereocenters. The van der Waals surface area contributed by atoms with E-state index in [0.29, 0.717) is 12.2 Å². The van der Waals surface area contributed by atoms with Gasteiger partial charge in [-0.25, -0.2) is 0 Å². The summed E-state index contributed by atoms with van der Waals surface area (Å²) in [7, 11) is 0. The number of nitrogens with one attached hydrogen (secondary N) is 1. The molecule has 0 atom stereocenters. The van der Waals surface area contributed by atoms with Crippen LogP contribution >= 0.6 is 0 Å². The number of ether oxygens (including phenoxy) is 1. The molecule has 1 aromatic carbocycles. The number of rotatable bonds is 5. The number of nitrogens with two attached hydrogens (primary N) is 1. The molecule has 0 aliphatic heterocycles. The fourth-order valence-corrected chi connectivity index (χ4v) is 1.59. The van der Waals surface area contributed by atoms with E-state index in [1.54, 1.807) is 18.3 Å². The second-order valence-electron chi connectivity index (χ2n) is 3.90. The van der Waals surface area contributed by atoms with Gasteiger partial charge in [0.25, 0.3) is 0 Å². The highest BCUT2D eigenvalue weighted by Crippen LogP contribution is 2.13. The van der Waals surface area contributed by atoms with Gasteiger partial charge in [-0.2, -0.15) is 0 Å². The van der Waals surface area contributed by atoms with Gasteiger partial charge in [0.2, 0.25) is 0 Å². The molecule has 1 heterocycles. The second kappa shape index (κ2) is 5.82. The number of hydrogen-bond donors (Lipinski definition) is 2. The summed E-state index contributed by atoms with van der Waals surface area (Å²) < 4.78 is 5.62. The highest BCUT2D eigenvalue weighted by molar-refractivity contribution is 5.95. The standard InChI is InChI=1S/C14H15N3O/c15-14(16)12-4-1-5-13(9-12)18-8-6-11-3-2-7-17-10-11/h1-5,7,9-10H,6,8H2,(H3,15,16). The van der Waals surface area contributed by atoms with Gasteiger partial charge in [-0.05, 0) is 23.8 Å². The molecule has 0 fully saturated rings. The van der Waals surface area contributed by atoms with Crippen LogP contribution in [0.15, 0.2) is 48.8 Å². The van der Waals surface area contributed by atoms with Crippen molar-refractivity contribution in [3.8, 4) is 5.75 Å². The topological polar surface area (TPSA) is 72.0 Å². The van der Waals surface area contributed by atoms with Crippen molar-refractivity contribution in [2.24, 2.45) is 5.73 Å². The Balaban J connectivity index is 1.90. The Morgan fingerprint density at radius 2 is 2.17 bits per heavy atom. The van der Waals surface area contributed by atoms with Crippen LogP contribution < -0.4 is 10.5 Å². The smallest absolute Gasteiger partial charge is 0.122 e. The molecule has 1 aromatic heterocycles. The van der Waals surface area contributed by atoms with Crippen molar-refractivity contribution in [3.63, 3.8) is 0 Å². The SMILES string of the molecule is N=C(N)c1cccc(OCCc2cccnc2)c1. The molecule has 0 spiro atoms. The number of amidine groups is 1. The predicted molar refractivity (Wildman–Crippen MR) is 70.9 cm³/mol. The molecule has 4 nitrogen and oxygen atoms in total. The molecule has 2 aromatic rings. The molecule has 0 aliphatic carbocycles. The van der Waals surface area contributed by atoms with Gasteiger partial charge in [0, 0.05) is 24.4 Å². The van der Waals surface area contributed by atoms with E-state index in [9.17, 15) is 0 Å². The molecule has 18 heavy (non-hydrogen) atoms. The van der Waals surface area contributed by atoms with Gasteiger partial charge in [0.1, 0.15) is 11.6 Å². The lowest BCUT2D eigenvalue weighted by atomic mass is 10.2. The van der Waals surface area contributed by atoms with E-state index >= 15 is 0 Å². The molecule has 0 radical (unpaired) electrons. The van der Waals surface area contributed by atoms with E-state index in [-0.39, 0.29) is 5.84 Å². The summed E-state index contributed by atoms with van der Waals surface area (Å²) in [4.78, 5) is 4.05. The first kappa shape index (κ1) is 12.1. The molecule has 0 aliphatic rings. The van der Waals surface area contributed by atoms with E-state index < -0.39 is 0 Å². The Kier molecular flexibility index (Phi) is 3.91. The quantitative estimate of drug-likeness (QED) is 0.621. The summed E-state index contributed by atoms with van der Waals surface area (Å²) in [5.41, 5.74) is 7.24. The van der Waals surface area contributed by atoms with E-state index in [1.807, 2.05) is 30.5 Å². The Labute approximate surface area is 106 Å². The zero-order valence-electron chi connectivity index (χ0n) is 9.97. The summed E-state index contributed by atoms with van der Waals surface area (Å²) in [5.74, 6) is 0.777. The molecule has 3 N–H and O–H groups in total. The Morgan fingerprint density at radius 1 is 1.28 bits per heavy atom. The number of pyridine rings is 1. The summed E-state index contributed by atoms with van der Waals surface area (Å²) in [6, 6.07) is 11.2. The lowest BCUT2D eigenvalue weighted by Gasteiger charge is -2.07. The molecular formula is C14H15N3O. The van der Waals surface area contributed by atoms with Crippen LogP contribution in [-0.2, 0) is 6.42 Å². The molecule has 92 valence electrons. The van der Waals surface area contributed by atoms with Crippen molar-refractivity contribution < 1.29 is 4.74 Å². The van der Waals surface area contributed by atoms with E-state index in [1.165, 1.54) is 0 Å². The fraction of sp³-hybridized carbons (Fsp3) is 0.143. The van der Waals surface area contributed by atoms with Crippen LogP contribution in [0.4, 0.5) is 0 Å². The molecule has 0 bridgehead atoms. The lowest BCUT2D eigenvalue weighted by Crippen LogP contribution is -2.11. The first-order valence-corrected chi connectivity index (χ1v) is 5.72. The lowest BCUT2D eigenvalue weighted by molar-refractivity contribution is 0.322. The summed E-state index contributed by atoms with van der Waals surface area (Å²) in [5, 5.41) is 7.36. The van der Waals surface area contributed by atoms with Crippen molar-refractivity contribution >= 4 is 5.84 Å². The molecule has 0 saturated heterocycles. The number of hydrogen-bond acceptors (Lipinski definition) is 3. The van der Waals surface area contributed by atoms with Crippen LogP contribution in [0.25, 0.3) is 0 Å². The zero-order chi connectivity index (χ0) is 12.8. The van der Waals surface area contributed by atoms with Gasteiger partial charge in [-0.15, -0.1) is 0 Å². The number of aromatic nitrogens is 1. The van der Waals surface area contributed by atoms with Crippen LogP contribution in [-0.4, -0.2) is 17.4 Å². The van der Waals surface area contributed by atoms with Crippen molar-refractivity contribution in [1.82, 2.24) is 4.98 Å². The third-order valence-electron chi connectivity index (χ3n) is 2.53. The van der Waals surface area contributed by atoms with E-state index in [0.717, 1.165) is 17.7 Å². The average Bonchev–Trinajstić information content (AvgIpc) is 2.40. The Hall–Kier alpha value is -2.36. The average molecular weight is 241 g/mol. The monoisotopic (exact) mass is 241 g/mol. The largest absolute Gasteiger partial charge is 0.493 e. The van der Waals surface area contributed by atoms with Gasteiger partial charge in [-0.3, -0.25) is 10.4 Å². The minimum atomic E-state index is 0.0488. The summed E-state index contributed by atoms with van der Waals surface area (Å²) in [6.07, 6.45) is 4.38. The van der Waals surface area contributed by atoms with Crippen LogP contribution in [0.2, 0.25) is 0 Å². The minimum Gasteiger partial charge on any atom is -0.493 e. The van der Waals surface area contributed by atoms with Crippen molar-refractivity contribution in [1.29, 1.82) is 5.41 Å². The highest BCUT2D eigenvalue weighted by atomic mass is 16.5. The van der Waals surface area contributed by atoms with E-state index in [4.69, 9.17) is 15.9 Å². The predicted octanol–water partition coefficient (Wildman–Crippen LogP) is 1.99. The first-order valence-electron chi connectivity index (χ1n) is 5.72.